The molecule has 110 valence electrons. The van der Waals surface area contributed by atoms with Crippen molar-refractivity contribution in [1.29, 1.82) is 0 Å². The van der Waals surface area contributed by atoms with Gasteiger partial charge in [-0.2, -0.15) is 0 Å². The second-order valence-corrected chi connectivity index (χ2v) is 5.14. The molecular formula is C13H12BrN3O4. The number of nitrogens with one attached hydrogen (secondary N) is 2. The monoisotopic (exact) mass is 353 g/mol. The molecule has 0 aliphatic rings. The molecule has 0 aliphatic heterocycles. The quantitative estimate of drug-likeness (QED) is 0.666. The molecule has 0 saturated carbocycles. The van der Waals surface area contributed by atoms with E-state index in [0.29, 0.717) is 11.2 Å². The zero-order valence-corrected chi connectivity index (χ0v) is 12.3. The fourth-order valence-electron chi connectivity index (χ4n) is 1.68. The first-order valence-corrected chi connectivity index (χ1v) is 6.76. The van der Waals surface area contributed by atoms with E-state index < -0.39 is 18.1 Å². The molecule has 1 heterocycles. The van der Waals surface area contributed by atoms with E-state index in [9.17, 15) is 9.59 Å². The summed E-state index contributed by atoms with van der Waals surface area (Å²) in [4.78, 5) is 26.4. The summed E-state index contributed by atoms with van der Waals surface area (Å²) in [6.07, 6.45) is -0.0306. The maximum atomic E-state index is 11.7. The number of carbonyl (C=O) groups is 2. The van der Waals surface area contributed by atoms with Crippen LogP contribution >= 0.6 is 15.9 Å². The predicted molar refractivity (Wildman–Crippen MR) is 80.1 cm³/mol. The smallest absolute Gasteiger partial charge is 0.334 e. The van der Waals surface area contributed by atoms with Crippen molar-refractivity contribution in [3.8, 4) is 0 Å². The summed E-state index contributed by atoms with van der Waals surface area (Å²) < 4.78 is 0.821. The second-order valence-electron chi connectivity index (χ2n) is 4.22. The Hall–Kier alpha value is -2.19. The maximum Gasteiger partial charge on any atom is 0.334 e. The van der Waals surface area contributed by atoms with Crippen molar-refractivity contribution in [2.45, 2.75) is 6.10 Å². The highest BCUT2D eigenvalue weighted by molar-refractivity contribution is 9.10. The van der Waals surface area contributed by atoms with E-state index in [2.05, 4.69) is 31.5 Å². The number of amides is 2. The van der Waals surface area contributed by atoms with Gasteiger partial charge in [0.2, 0.25) is 0 Å². The molecule has 1 aromatic carbocycles. The number of aliphatic hydroxyl groups excluding tert-OH is 1. The lowest BCUT2D eigenvalue weighted by molar-refractivity contribution is -0.146. The third-order valence-electron chi connectivity index (χ3n) is 2.67. The van der Waals surface area contributed by atoms with Crippen LogP contribution < -0.4 is 10.6 Å². The maximum absolute atomic E-state index is 11.7. The highest BCUT2D eigenvalue weighted by Crippen LogP contribution is 2.23. The number of urea groups is 1. The number of carboxylic acid groups (broad SMARTS) is 1. The molecule has 0 saturated heterocycles. The number of nitrogens with zero attached hydrogens (tertiary/aromatic N) is 1. The summed E-state index contributed by atoms with van der Waals surface area (Å²) in [5.74, 6) is -1.40. The van der Waals surface area contributed by atoms with Crippen LogP contribution in [0.1, 0.15) is 0 Å². The summed E-state index contributed by atoms with van der Waals surface area (Å²) in [6.45, 7) is -0.384. The number of carbonyl (C=O) groups excluding carboxylic acids is 1. The molecule has 8 heteroatoms. The Morgan fingerprint density at radius 2 is 2.14 bits per heavy atom. The lowest BCUT2D eigenvalue weighted by atomic mass is 10.2. The third-order valence-corrected chi connectivity index (χ3v) is 3.10. The number of hydrogen-bond acceptors (Lipinski definition) is 4. The van der Waals surface area contributed by atoms with Gasteiger partial charge in [-0.3, -0.25) is 4.98 Å². The number of pyridine rings is 1. The number of anilines is 1. The number of benzene rings is 1. The molecule has 0 radical (unpaired) electrons. The molecule has 4 N–H and O–H groups in total. The molecule has 1 atom stereocenters. The van der Waals surface area contributed by atoms with Crippen LogP contribution in [0.5, 0.6) is 0 Å². The highest BCUT2D eigenvalue weighted by atomic mass is 79.9. The topological polar surface area (TPSA) is 112 Å². The second kappa shape index (κ2) is 6.51. The molecule has 0 aliphatic carbocycles. The van der Waals surface area contributed by atoms with Gasteiger partial charge in [-0.15, -0.1) is 0 Å². The Balaban J connectivity index is 2.09. The average molecular weight is 354 g/mol. The van der Waals surface area contributed by atoms with Crippen molar-refractivity contribution in [3.63, 3.8) is 0 Å². The van der Waals surface area contributed by atoms with Gasteiger partial charge in [0.25, 0.3) is 0 Å². The van der Waals surface area contributed by atoms with Gasteiger partial charge < -0.3 is 20.8 Å². The minimum atomic E-state index is -1.64. The highest BCUT2D eigenvalue weighted by Gasteiger charge is 2.14. The number of aliphatic hydroxyl groups is 1. The van der Waals surface area contributed by atoms with Crippen LogP contribution in [0.4, 0.5) is 10.5 Å². The number of aromatic nitrogens is 1. The van der Waals surface area contributed by atoms with Crippen molar-refractivity contribution in [1.82, 2.24) is 10.3 Å². The van der Waals surface area contributed by atoms with Crippen molar-refractivity contribution >= 4 is 44.5 Å². The van der Waals surface area contributed by atoms with E-state index in [1.165, 1.54) is 0 Å². The minimum absolute atomic E-state index is 0.384. The van der Waals surface area contributed by atoms with Crippen molar-refractivity contribution in [2.75, 3.05) is 11.9 Å². The zero-order valence-electron chi connectivity index (χ0n) is 10.7. The molecule has 7 nitrogen and oxygen atoms in total. The average Bonchev–Trinajstić information content (AvgIpc) is 2.44. The summed E-state index contributed by atoms with van der Waals surface area (Å²) in [5.41, 5.74) is 1.09. The van der Waals surface area contributed by atoms with Crippen molar-refractivity contribution in [2.24, 2.45) is 0 Å². The normalized spacial score (nSPS) is 11.9. The number of fused-ring (bicyclic) bond motifs is 1. The Labute approximate surface area is 128 Å². The third kappa shape index (κ3) is 3.89. The van der Waals surface area contributed by atoms with Gasteiger partial charge in [-0.25, -0.2) is 9.59 Å². The van der Waals surface area contributed by atoms with E-state index in [1.54, 1.807) is 18.3 Å². The van der Waals surface area contributed by atoms with Crippen LogP contribution in [0.15, 0.2) is 34.9 Å². The zero-order chi connectivity index (χ0) is 15.4. The van der Waals surface area contributed by atoms with Crippen molar-refractivity contribution in [3.05, 3.63) is 34.9 Å². The van der Waals surface area contributed by atoms with Gasteiger partial charge in [0.1, 0.15) is 0 Å². The SMILES string of the molecule is O=C(NC[C@H](O)C(=O)O)Nc1cccc2cc(Br)cnc12. The minimum Gasteiger partial charge on any atom is -0.479 e. The molecule has 2 rings (SSSR count). The molecule has 21 heavy (non-hydrogen) atoms. The van der Waals surface area contributed by atoms with Crippen LogP contribution in [-0.4, -0.2) is 39.8 Å². The van der Waals surface area contributed by atoms with Gasteiger partial charge >= 0.3 is 12.0 Å². The van der Waals surface area contributed by atoms with Crippen LogP contribution in [0.3, 0.4) is 0 Å². The molecule has 2 aromatic rings. The van der Waals surface area contributed by atoms with Crippen LogP contribution in [0.25, 0.3) is 10.9 Å². The van der Waals surface area contributed by atoms with Gasteiger partial charge in [-0.05, 0) is 28.1 Å². The molecule has 0 bridgehead atoms. The van der Waals surface area contributed by atoms with Crippen LogP contribution in [-0.2, 0) is 4.79 Å². The summed E-state index contributed by atoms with van der Waals surface area (Å²) in [7, 11) is 0. The van der Waals surface area contributed by atoms with E-state index in [4.69, 9.17) is 10.2 Å². The van der Waals surface area contributed by atoms with Crippen LogP contribution in [0, 0.1) is 0 Å². The van der Waals surface area contributed by atoms with Gasteiger partial charge in [0.15, 0.2) is 6.10 Å². The number of carboxylic acids is 1. The summed E-state index contributed by atoms with van der Waals surface area (Å²) in [5, 5.41) is 23.3. The van der Waals surface area contributed by atoms with E-state index in [1.807, 2.05) is 12.1 Å². The first kappa shape index (κ1) is 15.2. The lowest BCUT2D eigenvalue weighted by Crippen LogP contribution is -2.38. The van der Waals surface area contributed by atoms with E-state index >= 15 is 0 Å². The lowest BCUT2D eigenvalue weighted by Gasteiger charge is -2.11. The van der Waals surface area contributed by atoms with E-state index in [-0.39, 0.29) is 6.54 Å². The molecular weight excluding hydrogens is 342 g/mol. The standard InChI is InChI=1S/C13H12BrN3O4/c14-8-4-7-2-1-3-9(11(7)15-5-8)17-13(21)16-6-10(18)12(19)20/h1-5,10,18H,6H2,(H,19,20)(H2,16,17,21)/t10-/m0/s1. The van der Waals surface area contributed by atoms with Gasteiger partial charge in [-0.1, -0.05) is 12.1 Å². The van der Waals surface area contributed by atoms with Crippen LogP contribution in [0.2, 0.25) is 0 Å². The number of halogens is 1. The first-order valence-electron chi connectivity index (χ1n) is 5.97. The van der Waals surface area contributed by atoms with E-state index in [0.717, 1.165) is 9.86 Å². The Morgan fingerprint density at radius 1 is 1.38 bits per heavy atom. The molecule has 1 aromatic heterocycles. The van der Waals surface area contributed by atoms with Gasteiger partial charge in [0, 0.05) is 16.1 Å². The fraction of sp³-hybridized carbons (Fsp3) is 0.154. The summed E-state index contributed by atoms with van der Waals surface area (Å²) >= 11 is 3.32. The van der Waals surface area contributed by atoms with Gasteiger partial charge in [0.05, 0.1) is 17.7 Å². The largest absolute Gasteiger partial charge is 0.479 e. The molecule has 0 fully saturated rings. The predicted octanol–water partition coefficient (Wildman–Crippen LogP) is 1.56. The molecule has 2 amide bonds. The summed E-state index contributed by atoms with van der Waals surface area (Å²) in [6, 6.07) is 6.53. The first-order chi connectivity index (χ1) is 9.97. The van der Waals surface area contributed by atoms with Crippen molar-refractivity contribution < 1.29 is 19.8 Å². The number of rotatable bonds is 4. The molecule has 0 unspecified atom stereocenters. The number of hydrogen-bond donors (Lipinski definition) is 4. The Morgan fingerprint density at radius 3 is 2.86 bits per heavy atom. The molecule has 0 spiro atoms. The number of para-hydroxylation sites is 1. The Bertz CT molecular complexity index is 692. The number of aliphatic carboxylic acids is 1. The fourth-order valence-corrected chi connectivity index (χ4v) is 2.03. The Kier molecular flexibility index (Phi) is 4.71.